The van der Waals surface area contributed by atoms with Gasteiger partial charge in [-0.1, -0.05) is 18.6 Å². The number of aliphatic hydroxyl groups excluding tert-OH is 1. The molecule has 0 radical (unpaired) electrons. The first-order valence-electron chi connectivity index (χ1n) is 4.90. The summed E-state index contributed by atoms with van der Waals surface area (Å²) >= 11 is 0. The second kappa shape index (κ2) is 6.68. The number of aliphatic hydroxyl groups is 2. The van der Waals surface area contributed by atoms with E-state index in [1.54, 1.807) is 12.1 Å². The average Bonchev–Trinajstić information content (AvgIpc) is 2.20. The molecule has 84 valence electrons. The molecule has 0 fully saturated rings. The van der Waals surface area contributed by atoms with Crippen LogP contribution >= 0.6 is 0 Å². The Kier molecular flexibility index (Phi) is 5.48. The largest absolute Gasteiger partial charge is 0.379 e. The summed E-state index contributed by atoms with van der Waals surface area (Å²) in [6.45, 7) is -1.62. The maximum atomic E-state index is 12.5. The molecule has 2 N–H and O–H groups in total. The standard InChI is InChI=1S/C10H15FO3Si/c11-9-5-3-8(4-6-9)2-1-7-15-14-10(12)13/h3-6,10,12-13H,1-2,7,15H2. The van der Waals surface area contributed by atoms with E-state index in [-0.39, 0.29) is 5.82 Å². The summed E-state index contributed by atoms with van der Waals surface area (Å²) in [5, 5.41) is 16.9. The molecule has 0 saturated carbocycles. The van der Waals surface area contributed by atoms with Gasteiger partial charge in [0.05, 0.1) is 0 Å². The molecule has 5 heteroatoms. The smallest absolute Gasteiger partial charge is 0.256 e. The maximum absolute atomic E-state index is 12.5. The van der Waals surface area contributed by atoms with Crippen molar-refractivity contribution in [2.75, 3.05) is 0 Å². The Balaban J connectivity index is 2.12. The van der Waals surface area contributed by atoms with E-state index in [4.69, 9.17) is 10.2 Å². The summed E-state index contributed by atoms with van der Waals surface area (Å²) in [7, 11) is -0.834. The number of aryl methyl sites for hydroxylation is 1. The van der Waals surface area contributed by atoms with Gasteiger partial charge in [-0.3, -0.25) is 0 Å². The van der Waals surface area contributed by atoms with Gasteiger partial charge < -0.3 is 14.6 Å². The third-order valence-electron chi connectivity index (χ3n) is 2.04. The van der Waals surface area contributed by atoms with E-state index in [9.17, 15) is 4.39 Å². The Morgan fingerprint density at radius 3 is 2.53 bits per heavy atom. The first-order chi connectivity index (χ1) is 7.18. The highest BCUT2D eigenvalue weighted by Gasteiger charge is 1.98. The van der Waals surface area contributed by atoms with Crippen LogP contribution in [0.15, 0.2) is 24.3 Å². The highest BCUT2D eigenvalue weighted by molar-refractivity contribution is 6.26. The zero-order valence-electron chi connectivity index (χ0n) is 8.40. The minimum atomic E-state index is -1.62. The molecule has 1 aromatic carbocycles. The van der Waals surface area contributed by atoms with Gasteiger partial charge in [-0.15, -0.1) is 0 Å². The van der Waals surface area contributed by atoms with Crippen LogP contribution in [0.4, 0.5) is 4.39 Å². The van der Waals surface area contributed by atoms with Crippen molar-refractivity contribution in [1.82, 2.24) is 0 Å². The number of benzene rings is 1. The van der Waals surface area contributed by atoms with Crippen LogP contribution in [-0.4, -0.2) is 26.5 Å². The third kappa shape index (κ3) is 5.63. The van der Waals surface area contributed by atoms with Crippen LogP contribution in [-0.2, 0) is 10.8 Å². The Hall–Kier alpha value is -0.753. The van der Waals surface area contributed by atoms with Gasteiger partial charge in [0.2, 0.25) is 0 Å². The number of hydrogen-bond donors (Lipinski definition) is 2. The maximum Gasteiger partial charge on any atom is 0.256 e. The van der Waals surface area contributed by atoms with Crippen LogP contribution in [0.25, 0.3) is 0 Å². The quantitative estimate of drug-likeness (QED) is 0.426. The van der Waals surface area contributed by atoms with Crippen LogP contribution in [0.5, 0.6) is 0 Å². The average molecular weight is 230 g/mol. The molecular formula is C10H15FO3Si. The normalized spacial score (nSPS) is 11.7. The van der Waals surface area contributed by atoms with Crippen LogP contribution in [0.2, 0.25) is 6.04 Å². The Labute approximate surface area is 90.5 Å². The molecule has 0 saturated heterocycles. The summed E-state index contributed by atoms with van der Waals surface area (Å²) in [6, 6.07) is 7.30. The minimum absolute atomic E-state index is 0.222. The summed E-state index contributed by atoms with van der Waals surface area (Å²) < 4.78 is 17.2. The first-order valence-corrected chi connectivity index (χ1v) is 6.48. The van der Waals surface area contributed by atoms with Crippen molar-refractivity contribution in [1.29, 1.82) is 0 Å². The van der Waals surface area contributed by atoms with Crippen LogP contribution in [0.1, 0.15) is 12.0 Å². The van der Waals surface area contributed by atoms with E-state index in [1.165, 1.54) is 12.1 Å². The number of rotatable bonds is 6. The van der Waals surface area contributed by atoms with Crippen molar-refractivity contribution in [2.24, 2.45) is 0 Å². The molecule has 0 heterocycles. The predicted molar refractivity (Wildman–Crippen MR) is 57.4 cm³/mol. The fourth-order valence-electron chi connectivity index (χ4n) is 1.27. The van der Waals surface area contributed by atoms with Crippen molar-refractivity contribution >= 4 is 9.76 Å². The van der Waals surface area contributed by atoms with E-state index in [1.807, 2.05) is 0 Å². The highest BCUT2D eigenvalue weighted by Crippen LogP contribution is 2.06. The topological polar surface area (TPSA) is 49.7 Å². The van der Waals surface area contributed by atoms with Gasteiger partial charge in [-0.2, -0.15) is 0 Å². The minimum Gasteiger partial charge on any atom is -0.379 e. The van der Waals surface area contributed by atoms with Gasteiger partial charge in [0.15, 0.2) is 9.76 Å². The highest BCUT2D eigenvalue weighted by atomic mass is 28.2. The zero-order valence-corrected chi connectivity index (χ0v) is 9.81. The predicted octanol–water partition coefficient (Wildman–Crippen LogP) is 0.545. The van der Waals surface area contributed by atoms with Crippen LogP contribution < -0.4 is 0 Å². The zero-order chi connectivity index (χ0) is 11.1. The Morgan fingerprint density at radius 1 is 1.27 bits per heavy atom. The summed E-state index contributed by atoms with van der Waals surface area (Å²) in [5.41, 5.74) is 1.09. The molecule has 0 aliphatic carbocycles. The Bertz CT molecular complexity index is 277. The molecule has 0 aliphatic heterocycles. The molecular weight excluding hydrogens is 215 g/mol. The second-order valence-corrected chi connectivity index (χ2v) is 4.73. The first kappa shape index (κ1) is 12.3. The Morgan fingerprint density at radius 2 is 1.93 bits per heavy atom. The fraction of sp³-hybridized carbons (Fsp3) is 0.400. The summed E-state index contributed by atoms with van der Waals surface area (Å²) in [6.07, 6.45) is 1.81. The fourth-order valence-corrected chi connectivity index (χ4v) is 2.10. The van der Waals surface area contributed by atoms with Gasteiger partial charge in [-0.05, 0) is 30.2 Å². The van der Waals surface area contributed by atoms with Crippen molar-refractivity contribution in [3.8, 4) is 0 Å². The summed E-state index contributed by atoms with van der Waals surface area (Å²) in [5.74, 6) is -0.222. The lowest BCUT2D eigenvalue weighted by molar-refractivity contribution is -0.180. The molecule has 15 heavy (non-hydrogen) atoms. The van der Waals surface area contributed by atoms with Crippen LogP contribution in [0, 0.1) is 5.82 Å². The van der Waals surface area contributed by atoms with Crippen molar-refractivity contribution in [2.45, 2.75) is 25.4 Å². The summed E-state index contributed by atoms with van der Waals surface area (Å²) in [4.78, 5) is 0. The molecule has 0 aromatic heterocycles. The van der Waals surface area contributed by atoms with Crippen molar-refractivity contribution in [3.05, 3.63) is 35.6 Å². The third-order valence-corrected chi connectivity index (χ3v) is 3.36. The lowest BCUT2D eigenvalue weighted by Gasteiger charge is -2.05. The van der Waals surface area contributed by atoms with Gasteiger partial charge in [0.1, 0.15) is 5.82 Å². The van der Waals surface area contributed by atoms with Gasteiger partial charge in [-0.25, -0.2) is 4.39 Å². The number of hydrogen-bond acceptors (Lipinski definition) is 3. The molecule has 0 spiro atoms. The molecule has 1 aromatic rings. The van der Waals surface area contributed by atoms with E-state index >= 15 is 0 Å². The SMILES string of the molecule is OC(O)O[SiH2]CCCc1ccc(F)cc1. The molecule has 0 aliphatic rings. The molecule has 0 unspecified atom stereocenters. The number of halogens is 1. The molecule has 0 atom stereocenters. The monoisotopic (exact) mass is 230 g/mol. The van der Waals surface area contributed by atoms with E-state index in [0.29, 0.717) is 0 Å². The van der Waals surface area contributed by atoms with Gasteiger partial charge >= 0.3 is 0 Å². The van der Waals surface area contributed by atoms with Gasteiger partial charge in [0.25, 0.3) is 6.48 Å². The van der Waals surface area contributed by atoms with Crippen molar-refractivity contribution in [3.63, 3.8) is 0 Å². The van der Waals surface area contributed by atoms with E-state index in [0.717, 1.165) is 24.4 Å². The lowest BCUT2D eigenvalue weighted by atomic mass is 10.1. The van der Waals surface area contributed by atoms with E-state index in [2.05, 4.69) is 4.43 Å². The molecule has 1 rings (SSSR count). The molecule has 3 nitrogen and oxygen atoms in total. The van der Waals surface area contributed by atoms with Crippen molar-refractivity contribution < 1.29 is 19.0 Å². The van der Waals surface area contributed by atoms with Gasteiger partial charge in [0, 0.05) is 0 Å². The van der Waals surface area contributed by atoms with E-state index < -0.39 is 16.2 Å². The lowest BCUT2D eigenvalue weighted by Crippen LogP contribution is -2.13. The molecule has 0 bridgehead atoms. The molecule has 0 amide bonds. The second-order valence-electron chi connectivity index (χ2n) is 3.28. The van der Waals surface area contributed by atoms with Crippen LogP contribution in [0.3, 0.4) is 0 Å².